The molecule has 0 aromatic carbocycles. The third-order valence-electron chi connectivity index (χ3n) is 6.20. The molecule has 1 aliphatic heterocycles. The first kappa shape index (κ1) is 24.0. The smallest absolute Gasteiger partial charge is 0.0431 e. The molecule has 0 aromatic heterocycles. The Kier molecular flexibility index (Phi) is 12.6. The average Bonchev–Trinajstić information content (AvgIpc) is 2.72. The summed E-state index contributed by atoms with van der Waals surface area (Å²) in [6.45, 7) is 7.52. The van der Waals surface area contributed by atoms with Gasteiger partial charge in [0.1, 0.15) is 0 Å². The van der Waals surface area contributed by atoms with Gasteiger partial charge in [-0.1, -0.05) is 12.8 Å². The third kappa shape index (κ3) is 9.48. The normalized spacial score (nSPS) is 34.2. The summed E-state index contributed by atoms with van der Waals surface area (Å²) in [5.74, 6) is 0. The lowest BCUT2D eigenvalue weighted by molar-refractivity contribution is 0.247. The number of fused-ring (bicyclic) bond motifs is 1. The fourth-order valence-electron chi connectivity index (χ4n) is 4.45. The van der Waals surface area contributed by atoms with Gasteiger partial charge in [0.25, 0.3) is 0 Å². The molecule has 0 bridgehead atoms. The molecule has 7 nitrogen and oxygen atoms in total. The fraction of sp³-hybridized carbons (Fsp3) is 1.00. The number of rotatable bonds is 6. The first-order valence-electron chi connectivity index (χ1n) is 11.6. The lowest BCUT2D eigenvalue weighted by atomic mass is 9.89. The number of aliphatic hydroxyl groups excluding tert-OH is 2. The van der Waals surface area contributed by atoms with Gasteiger partial charge in [0, 0.05) is 76.1 Å². The Bertz CT molecular complexity index is 388. The highest BCUT2D eigenvalue weighted by Gasteiger charge is 2.26. The second-order valence-electron chi connectivity index (χ2n) is 8.66. The van der Waals surface area contributed by atoms with E-state index in [0.717, 1.165) is 58.4 Å². The molecule has 0 radical (unpaired) electrons. The molecule has 0 unspecified atom stereocenters. The van der Waals surface area contributed by atoms with E-state index in [-0.39, 0.29) is 13.2 Å². The first-order valence-corrected chi connectivity index (χ1v) is 11.6. The summed E-state index contributed by atoms with van der Waals surface area (Å²) >= 11 is 0. The molecule has 2 rings (SSSR count). The van der Waals surface area contributed by atoms with Gasteiger partial charge in [-0.05, 0) is 45.4 Å². The van der Waals surface area contributed by atoms with Gasteiger partial charge >= 0.3 is 0 Å². The van der Waals surface area contributed by atoms with Gasteiger partial charge in [-0.15, -0.1) is 0 Å². The van der Waals surface area contributed by atoms with Crippen molar-refractivity contribution in [3.63, 3.8) is 0 Å². The summed E-state index contributed by atoms with van der Waals surface area (Å²) in [6, 6.07) is 2.27. The molecule has 0 amide bonds. The summed E-state index contributed by atoms with van der Waals surface area (Å²) in [5.41, 5.74) is 0. The van der Waals surface area contributed by atoms with Crippen molar-refractivity contribution in [1.82, 2.24) is 26.6 Å². The maximum absolute atomic E-state index is 9.24. The molecule has 0 aromatic rings. The van der Waals surface area contributed by atoms with E-state index in [0.29, 0.717) is 30.2 Å². The van der Waals surface area contributed by atoms with Gasteiger partial charge < -0.3 is 36.8 Å². The molecule has 28 heavy (non-hydrogen) atoms. The SMILES string of the molecule is C[C@H]1CN[C@@H](CCCO)CN[C@@H]2CCCC[C@H]2NC[C@H](CCCO)NCCN1. The predicted molar refractivity (Wildman–Crippen MR) is 116 cm³/mol. The van der Waals surface area contributed by atoms with E-state index in [4.69, 9.17) is 0 Å². The molecule has 1 saturated carbocycles. The minimum atomic E-state index is 0.264. The standard InChI is InChI=1S/C21H45N5O2/c1-17-14-24-19(7-5-13-28)16-26-21-9-3-2-8-20(21)25-15-18(6-4-12-27)23-11-10-22-17/h17-28H,2-16H2,1H3/t17-,18-,19-,20+,21+/m0/s1. The molecule has 1 saturated heterocycles. The largest absolute Gasteiger partial charge is 0.396 e. The van der Waals surface area contributed by atoms with Crippen LogP contribution in [0, 0.1) is 0 Å². The highest BCUT2D eigenvalue weighted by Crippen LogP contribution is 2.19. The van der Waals surface area contributed by atoms with E-state index in [9.17, 15) is 10.2 Å². The van der Waals surface area contributed by atoms with E-state index in [2.05, 4.69) is 33.5 Å². The van der Waals surface area contributed by atoms with Crippen molar-refractivity contribution >= 4 is 0 Å². The van der Waals surface area contributed by atoms with E-state index < -0.39 is 0 Å². The summed E-state index contributed by atoms with van der Waals surface area (Å²) in [4.78, 5) is 0. The second-order valence-corrected chi connectivity index (χ2v) is 8.66. The van der Waals surface area contributed by atoms with Crippen LogP contribution in [0.25, 0.3) is 0 Å². The van der Waals surface area contributed by atoms with Crippen molar-refractivity contribution in [2.75, 3.05) is 45.9 Å². The zero-order valence-corrected chi connectivity index (χ0v) is 17.9. The zero-order chi connectivity index (χ0) is 20.0. The van der Waals surface area contributed by atoms with Gasteiger partial charge in [0.15, 0.2) is 0 Å². The Labute approximate surface area is 171 Å². The highest BCUT2D eigenvalue weighted by molar-refractivity contribution is 4.89. The van der Waals surface area contributed by atoms with Crippen molar-refractivity contribution in [2.24, 2.45) is 0 Å². The van der Waals surface area contributed by atoms with E-state index in [1.807, 2.05) is 0 Å². The van der Waals surface area contributed by atoms with Gasteiger partial charge in [-0.3, -0.25) is 0 Å². The minimum absolute atomic E-state index is 0.264. The highest BCUT2D eigenvalue weighted by atomic mass is 16.3. The molecule has 5 atom stereocenters. The third-order valence-corrected chi connectivity index (χ3v) is 6.20. The van der Waals surface area contributed by atoms with E-state index in [1.165, 1.54) is 25.7 Å². The van der Waals surface area contributed by atoms with Crippen LogP contribution in [0.2, 0.25) is 0 Å². The summed E-state index contributed by atoms with van der Waals surface area (Å²) < 4.78 is 0. The molecule has 2 aliphatic rings. The molecule has 0 spiro atoms. The quantitative estimate of drug-likeness (QED) is 0.336. The molecule has 1 heterocycles. The average molecular weight is 400 g/mol. The Balaban J connectivity index is 1.96. The van der Waals surface area contributed by atoms with E-state index in [1.54, 1.807) is 0 Å². The van der Waals surface area contributed by atoms with Gasteiger partial charge in [0.05, 0.1) is 0 Å². The van der Waals surface area contributed by atoms with Crippen LogP contribution in [0.4, 0.5) is 0 Å². The van der Waals surface area contributed by atoms with Crippen LogP contribution in [0.15, 0.2) is 0 Å². The van der Waals surface area contributed by atoms with Gasteiger partial charge in [-0.25, -0.2) is 0 Å². The lowest BCUT2D eigenvalue weighted by Gasteiger charge is -2.35. The summed E-state index contributed by atoms with van der Waals surface area (Å²) in [7, 11) is 0. The fourth-order valence-corrected chi connectivity index (χ4v) is 4.45. The monoisotopic (exact) mass is 399 g/mol. The Morgan fingerprint density at radius 1 is 0.679 bits per heavy atom. The molecule has 2 fully saturated rings. The summed E-state index contributed by atoms with van der Waals surface area (Å²) in [5, 5.41) is 37.1. The van der Waals surface area contributed by atoms with Crippen LogP contribution in [-0.4, -0.2) is 86.4 Å². The first-order chi connectivity index (χ1) is 13.7. The Morgan fingerprint density at radius 3 is 1.79 bits per heavy atom. The van der Waals surface area contributed by atoms with Gasteiger partial charge in [0.2, 0.25) is 0 Å². The van der Waals surface area contributed by atoms with Crippen molar-refractivity contribution < 1.29 is 10.2 Å². The van der Waals surface area contributed by atoms with Crippen LogP contribution in [-0.2, 0) is 0 Å². The van der Waals surface area contributed by atoms with E-state index >= 15 is 0 Å². The topological polar surface area (TPSA) is 101 Å². The Morgan fingerprint density at radius 2 is 1.21 bits per heavy atom. The number of aliphatic hydroxyl groups is 2. The Hall–Kier alpha value is -0.280. The maximum Gasteiger partial charge on any atom is 0.0431 e. The predicted octanol–water partition coefficient (Wildman–Crippen LogP) is -0.0701. The maximum atomic E-state index is 9.24. The minimum Gasteiger partial charge on any atom is -0.396 e. The molecule has 7 N–H and O–H groups in total. The molecule has 166 valence electrons. The molecular formula is C21H45N5O2. The molecule has 1 aliphatic carbocycles. The number of hydrogen-bond acceptors (Lipinski definition) is 7. The van der Waals surface area contributed by atoms with Crippen molar-refractivity contribution in [3.8, 4) is 0 Å². The zero-order valence-electron chi connectivity index (χ0n) is 17.9. The van der Waals surface area contributed by atoms with Crippen LogP contribution in [0.5, 0.6) is 0 Å². The van der Waals surface area contributed by atoms with Crippen LogP contribution >= 0.6 is 0 Å². The van der Waals surface area contributed by atoms with Crippen molar-refractivity contribution in [2.45, 2.75) is 88.5 Å². The number of nitrogens with one attached hydrogen (secondary N) is 5. The summed E-state index contributed by atoms with van der Waals surface area (Å²) in [6.07, 6.45) is 8.79. The van der Waals surface area contributed by atoms with Crippen LogP contribution in [0.1, 0.15) is 58.3 Å². The van der Waals surface area contributed by atoms with Crippen molar-refractivity contribution in [1.29, 1.82) is 0 Å². The van der Waals surface area contributed by atoms with Crippen molar-refractivity contribution in [3.05, 3.63) is 0 Å². The second kappa shape index (κ2) is 14.7. The van der Waals surface area contributed by atoms with Crippen LogP contribution in [0.3, 0.4) is 0 Å². The molecule has 7 heteroatoms. The number of hydrogen-bond donors (Lipinski definition) is 7. The molecular weight excluding hydrogens is 354 g/mol. The van der Waals surface area contributed by atoms with Gasteiger partial charge in [-0.2, -0.15) is 0 Å². The van der Waals surface area contributed by atoms with Crippen LogP contribution < -0.4 is 26.6 Å². The lowest BCUT2D eigenvalue weighted by Crippen LogP contribution is -2.55.